The Balaban J connectivity index is 2.09. The first kappa shape index (κ1) is 14.5. The summed E-state index contributed by atoms with van der Waals surface area (Å²) < 4.78 is 0. The molecule has 2 N–H and O–H groups in total. The smallest absolute Gasteiger partial charge is 0.271 e. The molecule has 0 aromatic carbocycles. The summed E-state index contributed by atoms with van der Waals surface area (Å²) in [4.78, 5) is 12.7. The number of nitrogens with one attached hydrogen (secondary N) is 2. The Labute approximate surface area is 122 Å². The van der Waals surface area contributed by atoms with Crippen LogP contribution < -0.4 is 10.6 Å². The van der Waals surface area contributed by atoms with E-state index >= 15 is 0 Å². The van der Waals surface area contributed by atoms with Gasteiger partial charge >= 0.3 is 0 Å². The van der Waals surface area contributed by atoms with E-state index in [0.29, 0.717) is 11.5 Å². The molecule has 0 aliphatic rings. The van der Waals surface area contributed by atoms with Gasteiger partial charge in [0.25, 0.3) is 5.91 Å². The lowest BCUT2D eigenvalue weighted by Crippen LogP contribution is -2.20. The van der Waals surface area contributed by atoms with Crippen molar-refractivity contribution >= 4 is 23.1 Å². The van der Waals surface area contributed by atoms with Gasteiger partial charge in [-0.1, -0.05) is 19.4 Å². The fraction of sp³-hybridized carbons (Fsp3) is 0.357. The van der Waals surface area contributed by atoms with Crippen LogP contribution in [-0.2, 0) is 0 Å². The number of amides is 1. The Morgan fingerprint density at radius 1 is 1.35 bits per heavy atom. The molecular weight excluding hydrogens is 272 g/mol. The van der Waals surface area contributed by atoms with Gasteiger partial charge in [0.15, 0.2) is 5.69 Å². The molecule has 0 saturated heterocycles. The van der Waals surface area contributed by atoms with Crippen LogP contribution in [0.2, 0.25) is 0 Å². The second kappa shape index (κ2) is 7.00. The summed E-state index contributed by atoms with van der Waals surface area (Å²) in [5.41, 5.74) is 0.321. The van der Waals surface area contributed by atoms with Crippen LogP contribution in [0.4, 0.5) is 5.82 Å². The maximum atomic E-state index is 11.4. The number of anilines is 1. The SMILES string of the molecule is CCCC(Nc1ccc(C(=O)NC)nn1)c1cccs1. The molecule has 2 heterocycles. The Hall–Kier alpha value is -1.95. The van der Waals surface area contributed by atoms with E-state index < -0.39 is 0 Å². The van der Waals surface area contributed by atoms with E-state index in [4.69, 9.17) is 0 Å². The summed E-state index contributed by atoms with van der Waals surface area (Å²) in [6.07, 6.45) is 2.11. The number of nitrogens with zero attached hydrogens (tertiary/aromatic N) is 2. The van der Waals surface area contributed by atoms with Crippen LogP contribution in [0.25, 0.3) is 0 Å². The van der Waals surface area contributed by atoms with E-state index in [2.05, 4.69) is 39.2 Å². The average molecular weight is 290 g/mol. The number of carbonyl (C=O) groups excluding carboxylic acids is 1. The van der Waals surface area contributed by atoms with Gasteiger partial charge in [-0.25, -0.2) is 0 Å². The third kappa shape index (κ3) is 3.54. The molecule has 20 heavy (non-hydrogen) atoms. The van der Waals surface area contributed by atoms with Gasteiger partial charge in [0.1, 0.15) is 5.82 Å². The molecular formula is C14H18N4OS. The van der Waals surface area contributed by atoms with Gasteiger partial charge in [-0.2, -0.15) is 0 Å². The summed E-state index contributed by atoms with van der Waals surface area (Å²) in [6, 6.07) is 7.86. The number of hydrogen-bond donors (Lipinski definition) is 2. The lowest BCUT2D eigenvalue weighted by atomic mass is 10.1. The van der Waals surface area contributed by atoms with Crippen molar-refractivity contribution in [2.24, 2.45) is 0 Å². The van der Waals surface area contributed by atoms with Crippen molar-refractivity contribution in [3.8, 4) is 0 Å². The molecule has 106 valence electrons. The fourth-order valence-corrected chi connectivity index (χ4v) is 2.71. The largest absolute Gasteiger partial charge is 0.361 e. The van der Waals surface area contributed by atoms with Crippen molar-refractivity contribution in [1.82, 2.24) is 15.5 Å². The van der Waals surface area contributed by atoms with Gasteiger partial charge in [0.05, 0.1) is 6.04 Å². The molecule has 1 unspecified atom stereocenters. The molecule has 0 saturated carbocycles. The van der Waals surface area contributed by atoms with E-state index in [1.54, 1.807) is 30.5 Å². The first-order chi connectivity index (χ1) is 9.74. The lowest BCUT2D eigenvalue weighted by molar-refractivity contribution is 0.0957. The van der Waals surface area contributed by atoms with Crippen LogP contribution in [0.15, 0.2) is 29.6 Å². The summed E-state index contributed by atoms with van der Waals surface area (Å²) in [7, 11) is 1.57. The van der Waals surface area contributed by atoms with Gasteiger partial charge < -0.3 is 10.6 Å². The minimum absolute atomic E-state index is 0.229. The Morgan fingerprint density at radius 3 is 2.75 bits per heavy atom. The molecule has 1 atom stereocenters. The number of rotatable bonds is 6. The van der Waals surface area contributed by atoms with E-state index in [1.807, 2.05) is 6.07 Å². The van der Waals surface area contributed by atoms with Crippen molar-refractivity contribution in [3.05, 3.63) is 40.2 Å². The van der Waals surface area contributed by atoms with Crippen LogP contribution in [0.1, 0.15) is 41.2 Å². The molecule has 2 aromatic heterocycles. The Bertz CT molecular complexity index is 539. The fourth-order valence-electron chi connectivity index (χ4n) is 1.90. The maximum absolute atomic E-state index is 11.4. The van der Waals surface area contributed by atoms with Crippen molar-refractivity contribution < 1.29 is 4.79 Å². The lowest BCUT2D eigenvalue weighted by Gasteiger charge is -2.16. The van der Waals surface area contributed by atoms with Crippen LogP contribution in [-0.4, -0.2) is 23.2 Å². The number of thiophene rings is 1. The molecule has 0 fully saturated rings. The van der Waals surface area contributed by atoms with Crippen molar-refractivity contribution in [1.29, 1.82) is 0 Å². The van der Waals surface area contributed by atoms with E-state index in [1.165, 1.54) is 4.88 Å². The Morgan fingerprint density at radius 2 is 2.20 bits per heavy atom. The normalized spacial score (nSPS) is 11.9. The Kier molecular flexibility index (Phi) is 5.06. The van der Waals surface area contributed by atoms with Gasteiger partial charge in [0, 0.05) is 11.9 Å². The number of carbonyl (C=O) groups is 1. The molecule has 5 nitrogen and oxygen atoms in total. The molecule has 6 heteroatoms. The van der Waals surface area contributed by atoms with Crippen molar-refractivity contribution in [3.63, 3.8) is 0 Å². The van der Waals surface area contributed by atoms with Gasteiger partial charge in [-0.15, -0.1) is 21.5 Å². The molecule has 0 radical (unpaired) electrons. The molecule has 0 spiro atoms. The zero-order chi connectivity index (χ0) is 14.4. The molecule has 2 rings (SSSR count). The molecule has 0 aliphatic carbocycles. The summed E-state index contributed by atoms with van der Waals surface area (Å²) >= 11 is 1.73. The highest BCUT2D eigenvalue weighted by molar-refractivity contribution is 7.10. The van der Waals surface area contributed by atoms with Crippen molar-refractivity contribution in [2.75, 3.05) is 12.4 Å². The van der Waals surface area contributed by atoms with Gasteiger partial charge in [-0.3, -0.25) is 4.79 Å². The van der Waals surface area contributed by atoms with Gasteiger partial charge in [0.2, 0.25) is 0 Å². The monoisotopic (exact) mass is 290 g/mol. The highest BCUT2D eigenvalue weighted by Crippen LogP contribution is 2.26. The number of aromatic nitrogens is 2. The van der Waals surface area contributed by atoms with Crippen LogP contribution in [0.5, 0.6) is 0 Å². The topological polar surface area (TPSA) is 66.9 Å². The first-order valence-electron chi connectivity index (χ1n) is 6.60. The third-order valence-corrected chi connectivity index (χ3v) is 3.90. The minimum atomic E-state index is -0.229. The minimum Gasteiger partial charge on any atom is -0.361 e. The van der Waals surface area contributed by atoms with Crippen LogP contribution in [0.3, 0.4) is 0 Å². The highest BCUT2D eigenvalue weighted by Gasteiger charge is 2.13. The van der Waals surface area contributed by atoms with Crippen molar-refractivity contribution in [2.45, 2.75) is 25.8 Å². The number of hydrogen-bond acceptors (Lipinski definition) is 5. The van der Waals surface area contributed by atoms with E-state index in [-0.39, 0.29) is 11.9 Å². The third-order valence-electron chi connectivity index (χ3n) is 2.91. The zero-order valence-electron chi connectivity index (χ0n) is 11.6. The highest BCUT2D eigenvalue weighted by atomic mass is 32.1. The van der Waals surface area contributed by atoms with Crippen LogP contribution >= 0.6 is 11.3 Å². The van der Waals surface area contributed by atoms with Crippen LogP contribution in [0, 0.1) is 0 Å². The van der Waals surface area contributed by atoms with E-state index in [0.717, 1.165) is 12.8 Å². The molecule has 2 aromatic rings. The molecule has 0 aliphatic heterocycles. The maximum Gasteiger partial charge on any atom is 0.271 e. The molecule has 0 bridgehead atoms. The standard InChI is InChI=1S/C14H18N4OS/c1-3-5-10(12-6-4-9-20-12)16-13-8-7-11(17-18-13)14(19)15-2/h4,6-10H,3,5H2,1-2H3,(H,15,19)(H,16,18). The predicted molar refractivity (Wildman–Crippen MR) is 81.0 cm³/mol. The summed E-state index contributed by atoms with van der Waals surface area (Å²) in [5, 5.41) is 16.0. The summed E-state index contributed by atoms with van der Waals surface area (Å²) in [5.74, 6) is 0.455. The second-order valence-electron chi connectivity index (χ2n) is 4.38. The zero-order valence-corrected chi connectivity index (χ0v) is 12.4. The first-order valence-corrected chi connectivity index (χ1v) is 7.48. The van der Waals surface area contributed by atoms with E-state index in [9.17, 15) is 4.79 Å². The van der Waals surface area contributed by atoms with Gasteiger partial charge in [-0.05, 0) is 30.0 Å². The quantitative estimate of drug-likeness (QED) is 0.858. The predicted octanol–water partition coefficient (Wildman–Crippen LogP) is 2.85. The average Bonchev–Trinajstić information content (AvgIpc) is 3.01. The summed E-state index contributed by atoms with van der Waals surface area (Å²) in [6.45, 7) is 2.16. The molecule has 1 amide bonds. The second-order valence-corrected chi connectivity index (χ2v) is 5.36.